The summed E-state index contributed by atoms with van der Waals surface area (Å²) in [7, 11) is 0. The molecule has 2 nitrogen and oxygen atoms in total. The van der Waals surface area contributed by atoms with Gasteiger partial charge >= 0.3 is 5.97 Å². The number of carbonyl (C=O) groups is 1. The molecule has 104 valence electrons. The molecule has 0 heterocycles. The van der Waals surface area contributed by atoms with E-state index in [9.17, 15) is 4.79 Å². The van der Waals surface area contributed by atoms with Gasteiger partial charge in [0.05, 0.1) is 5.56 Å². The standard InChI is InChI=1S/C15H18Br2O2/c1-2-15(8-4-3-5-9-15)19-14(18)12-7-6-11(16)10-13(12)17/h6-7,10H,2-5,8-9H2,1H3. The van der Waals surface area contributed by atoms with Crippen molar-refractivity contribution in [3.8, 4) is 0 Å². The van der Waals surface area contributed by atoms with Crippen molar-refractivity contribution in [2.75, 3.05) is 0 Å². The summed E-state index contributed by atoms with van der Waals surface area (Å²) in [5, 5.41) is 0. The third kappa shape index (κ3) is 3.60. The van der Waals surface area contributed by atoms with Gasteiger partial charge in [-0.15, -0.1) is 0 Å². The van der Waals surface area contributed by atoms with Crippen molar-refractivity contribution >= 4 is 37.8 Å². The lowest BCUT2D eigenvalue weighted by Crippen LogP contribution is -2.36. The Morgan fingerprint density at radius 2 is 1.95 bits per heavy atom. The van der Waals surface area contributed by atoms with Crippen LogP contribution in [-0.2, 0) is 4.74 Å². The normalized spacial score (nSPS) is 18.1. The van der Waals surface area contributed by atoms with Gasteiger partial charge in [0, 0.05) is 8.95 Å². The highest BCUT2D eigenvalue weighted by molar-refractivity contribution is 9.11. The average molecular weight is 390 g/mol. The van der Waals surface area contributed by atoms with Crippen LogP contribution in [0.1, 0.15) is 55.8 Å². The van der Waals surface area contributed by atoms with E-state index < -0.39 is 0 Å². The number of ether oxygens (including phenoxy) is 1. The fourth-order valence-corrected chi connectivity index (χ4v) is 3.84. The van der Waals surface area contributed by atoms with Crippen LogP contribution in [0.4, 0.5) is 0 Å². The number of rotatable bonds is 3. The van der Waals surface area contributed by atoms with Crippen molar-refractivity contribution in [2.45, 2.75) is 51.0 Å². The van der Waals surface area contributed by atoms with E-state index in [-0.39, 0.29) is 11.6 Å². The van der Waals surface area contributed by atoms with Crippen molar-refractivity contribution in [1.29, 1.82) is 0 Å². The maximum absolute atomic E-state index is 12.3. The summed E-state index contributed by atoms with van der Waals surface area (Å²) < 4.78 is 7.57. The van der Waals surface area contributed by atoms with E-state index in [0.717, 1.165) is 41.0 Å². The molecule has 1 aliphatic rings. The molecule has 0 unspecified atom stereocenters. The zero-order chi connectivity index (χ0) is 13.9. The summed E-state index contributed by atoms with van der Waals surface area (Å²) in [5.41, 5.74) is 0.351. The highest BCUT2D eigenvalue weighted by Crippen LogP contribution is 2.35. The lowest BCUT2D eigenvalue weighted by atomic mass is 9.82. The molecule has 19 heavy (non-hydrogen) atoms. The van der Waals surface area contributed by atoms with Gasteiger partial charge in [0.2, 0.25) is 0 Å². The van der Waals surface area contributed by atoms with Gasteiger partial charge in [0.15, 0.2) is 0 Å². The third-order valence-electron chi connectivity index (χ3n) is 3.87. The predicted molar refractivity (Wildman–Crippen MR) is 83.4 cm³/mol. The molecule has 0 aliphatic heterocycles. The fraction of sp³-hybridized carbons (Fsp3) is 0.533. The van der Waals surface area contributed by atoms with Crippen molar-refractivity contribution in [3.63, 3.8) is 0 Å². The Morgan fingerprint density at radius 3 is 2.53 bits per heavy atom. The summed E-state index contributed by atoms with van der Waals surface area (Å²) in [4.78, 5) is 12.3. The van der Waals surface area contributed by atoms with E-state index in [2.05, 4.69) is 38.8 Å². The van der Waals surface area contributed by atoms with Crippen molar-refractivity contribution in [3.05, 3.63) is 32.7 Å². The molecular formula is C15H18Br2O2. The highest BCUT2D eigenvalue weighted by Gasteiger charge is 2.34. The maximum atomic E-state index is 12.3. The molecule has 1 aliphatic carbocycles. The molecule has 1 saturated carbocycles. The van der Waals surface area contributed by atoms with Crippen LogP contribution in [0.15, 0.2) is 27.1 Å². The van der Waals surface area contributed by atoms with Gasteiger partial charge < -0.3 is 4.74 Å². The average Bonchev–Trinajstić information content (AvgIpc) is 2.39. The zero-order valence-electron chi connectivity index (χ0n) is 11.0. The van der Waals surface area contributed by atoms with E-state index in [1.54, 1.807) is 6.07 Å². The maximum Gasteiger partial charge on any atom is 0.339 e. The van der Waals surface area contributed by atoms with Crippen LogP contribution in [-0.4, -0.2) is 11.6 Å². The Balaban J connectivity index is 2.15. The first-order valence-corrected chi connectivity index (χ1v) is 8.33. The van der Waals surface area contributed by atoms with Gasteiger partial charge in [-0.1, -0.05) is 29.3 Å². The zero-order valence-corrected chi connectivity index (χ0v) is 14.2. The topological polar surface area (TPSA) is 26.3 Å². The number of benzene rings is 1. The number of halogens is 2. The van der Waals surface area contributed by atoms with Crippen LogP contribution in [0.3, 0.4) is 0 Å². The van der Waals surface area contributed by atoms with E-state index in [1.165, 1.54) is 6.42 Å². The van der Waals surface area contributed by atoms with Gasteiger partial charge in [0.1, 0.15) is 5.60 Å². The number of hydrogen-bond donors (Lipinski definition) is 0. The molecule has 2 rings (SSSR count). The largest absolute Gasteiger partial charge is 0.455 e. The predicted octanol–water partition coefficient (Wildman–Crippen LogP) is 5.48. The minimum absolute atomic E-state index is 0.219. The molecule has 0 bridgehead atoms. The molecular weight excluding hydrogens is 372 g/mol. The van der Waals surface area contributed by atoms with Crippen molar-refractivity contribution in [1.82, 2.24) is 0 Å². The highest BCUT2D eigenvalue weighted by atomic mass is 79.9. The Bertz CT molecular complexity index is 465. The molecule has 0 spiro atoms. The lowest BCUT2D eigenvalue weighted by Gasteiger charge is -2.36. The van der Waals surface area contributed by atoms with Crippen LogP contribution >= 0.6 is 31.9 Å². The second-order valence-electron chi connectivity index (χ2n) is 5.11. The molecule has 0 saturated heterocycles. The number of esters is 1. The smallest absolute Gasteiger partial charge is 0.339 e. The van der Waals surface area contributed by atoms with E-state index in [1.807, 2.05) is 12.1 Å². The van der Waals surface area contributed by atoms with Crippen molar-refractivity contribution in [2.24, 2.45) is 0 Å². The quantitative estimate of drug-likeness (QED) is 0.639. The molecule has 1 aromatic rings. The van der Waals surface area contributed by atoms with E-state index in [0.29, 0.717) is 5.56 Å². The minimum Gasteiger partial charge on any atom is -0.455 e. The van der Waals surface area contributed by atoms with Gasteiger partial charge in [0.25, 0.3) is 0 Å². The number of hydrogen-bond acceptors (Lipinski definition) is 2. The van der Waals surface area contributed by atoms with Crippen LogP contribution < -0.4 is 0 Å². The molecule has 1 aromatic carbocycles. The lowest BCUT2D eigenvalue weighted by molar-refractivity contribution is -0.0398. The van der Waals surface area contributed by atoms with Crippen LogP contribution in [0, 0.1) is 0 Å². The Morgan fingerprint density at radius 1 is 1.26 bits per heavy atom. The summed E-state index contributed by atoms with van der Waals surface area (Å²) in [6.07, 6.45) is 6.44. The molecule has 0 atom stereocenters. The summed E-state index contributed by atoms with van der Waals surface area (Å²) in [6.45, 7) is 2.11. The second-order valence-corrected chi connectivity index (χ2v) is 6.88. The molecule has 0 N–H and O–H groups in total. The number of carbonyl (C=O) groups excluding carboxylic acids is 1. The van der Waals surface area contributed by atoms with Crippen LogP contribution in [0.25, 0.3) is 0 Å². The first kappa shape index (κ1) is 15.0. The van der Waals surface area contributed by atoms with Crippen molar-refractivity contribution < 1.29 is 9.53 Å². The van der Waals surface area contributed by atoms with Gasteiger partial charge in [-0.25, -0.2) is 4.79 Å². The molecule has 0 amide bonds. The second kappa shape index (κ2) is 6.40. The SMILES string of the molecule is CCC1(OC(=O)c2ccc(Br)cc2Br)CCCCC1. The first-order valence-electron chi connectivity index (χ1n) is 6.75. The summed E-state index contributed by atoms with van der Waals surface area (Å²) in [6, 6.07) is 5.53. The first-order chi connectivity index (χ1) is 9.06. The Labute approximate surface area is 131 Å². The minimum atomic E-state index is -0.248. The summed E-state index contributed by atoms with van der Waals surface area (Å²) >= 11 is 6.81. The van der Waals surface area contributed by atoms with Crippen LogP contribution in [0.5, 0.6) is 0 Å². The molecule has 4 heteroatoms. The molecule has 1 fully saturated rings. The molecule has 0 aromatic heterocycles. The van der Waals surface area contributed by atoms with Crippen LogP contribution in [0.2, 0.25) is 0 Å². The fourth-order valence-electron chi connectivity index (χ4n) is 2.63. The molecule has 0 radical (unpaired) electrons. The monoisotopic (exact) mass is 388 g/mol. The van der Waals surface area contributed by atoms with Gasteiger partial charge in [-0.05, 0) is 66.2 Å². The van der Waals surface area contributed by atoms with E-state index in [4.69, 9.17) is 4.74 Å². The Hall–Kier alpha value is -0.350. The van der Waals surface area contributed by atoms with Gasteiger partial charge in [-0.2, -0.15) is 0 Å². The van der Waals surface area contributed by atoms with Gasteiger partial charge in [-0.3, -0.25) is 0 Å². The third-order valence-corrected chi connectivity index (χ3v) is 5.02. The summed E-state index contributed by atoms with van der Waals surface area (Å²) in [5.74, 6) is -0.219. The van der Waals surface area contributed by atoms with E-state index >= 15 is 0 Å². The Kier molecular flexibility index (Phi) is 5.07.